The third kappa shape index (κ3) is 4.37. The second-order valence-corrected chi connectivity index (χ2v) is 8.54. The van der Waals surface area contributed by atoms with Gasteiger partial charge in [-0.3, -0.25) is 0 Å². The summed E-state index contributed by atoms with van der Waals surface area (Å²) in [6.45, 7) is 5.81. The zero-order valence-corrected chi connectivity index (χ0v) is 17.6. The molecule has 0 bridgehead atoms. The molecule has 0 spiro atoms. The van der Waals surface area contributed by atoms with Gasteiger partial charge in [-0.1, -0.05) is 50.0 Å². The zero-order chi connectivity index (χ0) is 22.4. The van der Waals surface area contributed by atoms with E-state index in [0.29, 0.717) is 16.3 Å². The van der Waals surface area contributed by atoms with Crippen molar-refractivity contribution in [2.75, 3.05) is 0 Å². The standard InChI is InChI=1S/C21H17Cl2F3O4/c1-20(2,3)17-12(22)5-4-6-14(17)29-16-9-15-10(8-13(16)23)7-11(19(27)28)18(30-15)21(24,25)26/h4-9,18H,1-3H3,(H,27,28). The number of rotatable bonds is 3. The lowest BCUT2D eigenvalue weighted by Crippen LogP contribution is -2.40. The molecule has 1 heterocycles. The Hall–Kier alpha value is -2.38. The predicted molar refractivity (Wildman–Crippen MR) is 108 cm³/mol. The summed E-state index contributed by atoms with van der Waals surface area (Å²) in [6, 6.07) is 7.56. The van der Waals surface area contributed by atoms with Crippen LogP contribution in [0.3, 0.4) is 0 Å². The number of carboxylic acids is 1. The molecule has 0 aliphatic carbocycles. The smallest absolute Gasteiger partial charge is 0.430 e. The van der Waals surface area contributed by atoms with Gasteiger partial charge in [0.25, 0.3) is 0 Å². The third-order valence-electron chi connectivity index (χ3n) is 4.39. The molecule has 1 unspecified atom stereocenters. The first kappa shape index (κ1) is 22.3. The van der Waals surface area contributed by atoms with Gasteiger partial charge in [0.05, 0.1) is 10.6 Å². The van der Waals surface area contributed by atoms with Gasteiger partial charge in [0.2, 0.25) is 6.10 Å². The molecule has 1 aliphatic rings. The first-order valence-electron chi connectivity index (χ1n) is 8.77. The van der Waals surface area contributed by atoms with Gasteiger partial charge < -0.3 is 14.6 Å². The maximum atomic E-state index is 13.3. The number of halogens is 5. The first-order chi connectivity index (χ1) is 13.8. The molecule has 1 atom stereocenters. The van der Waals surface area contributed by atoms with Crippen LogP contribution in [0.4, 0.5) is 13.2 Å². The Kier molecular flexibility index (Phi) is 5.73. The van der Waals surface area contributed by atoms with Crippen LogP contribution in [0.15, 0.2) is 35.9 Å². The van der Waals surface area contributed by atoms with Gasteiger partial charge in [-0.15, -0.1) is 0 Å². The van der Waals surface area contributed by atoms with E-state index < -0.39 is 23.8 Å². The SMILES string of the molecule is CC(C)(C)c1c(Cl)cccc1Oc1cc2c(cc1Cl)C=C(C(=O)O)C(C(F)(F)F)O2. The number of hydrogen-bond donors (Lipinski definition) is 1. The second-order valence-electron chi connectivity index (χ2n) is 7.73. The lowest BCUT2D eigenvalue weighted by atomic mass is 9.86. The maximum absolute atomic E-state index is 13.3. The minimum Gasteiger partial charge on any atom is -0.478 e. The van der Waals surface area contributed by atoms with Crippen molar-refractivity contribution < 1.29 is 32.5 Å². The van der Waals surface area contributed by atoms with Gasteiger partial charge in [0, 0.05) is 22.2 Å². The van der Waals surface area contributed by atoms with Crippen molar-refractivity contribution in [3.05, 3.63) is 57.1 Å². The quantitative estimate of drug-likeness (QED) is 0.542. The summed E-state index contributed by atoms with van der Waals surface area (Å²) in [6.07, 6.45) is -6.61. The van der Waals surface area contributed by atoms with Crippen molar-refractivity contribution in [3.8, 4) is 17.2 Å². The molecule has 0 aromatic heterocycles. The van der Waals surface area contributed by atoms with Crippen molar-refractivity contribution in [3.63, 3.8) is 0 Å². The van der Waals surface area contributed by atoms with Crippen LogP contribution in [0.1, 0.15) is 31.9 Å². The van der Waals surface area contributed by atoms with Crippen molar-refractivity contribution in [1.82, 2.24) is 0 Å². The van der Waals surface area contributed by atoms with E-state index in [2.05, 4.69) is 0 Å². The molecule has 0 amide bonds. The molecule has 0 saturated carbocycles. The number of carboxylic acid groups (broad SMARTS) is 1. The fraction of sp³-hybridized carbons (Fsp3) is 0.286. The molecular formula is C21H17Cl2F3O4. The highest BCUT2D eigenvalue weighted by molar-refractivity contribution is 6.32. The van der Waals surface area contributed by atoms with E-state index in [1.807, 2.05) is 20.8 Å². The van der Waals surface area contributed by atoms with Crippen molar-refractivity contribution in [2.45, 2.75) is 38.5 Å². The van der Waals surface area contributed by atoms with Gasteiger partial charge in [-0.25, -0.2) is 4.79 Å². The van der Waals surface area contributed by atoms with Gasteiger partial charge in [-0.2, -0.15) is 13.2 Å². The van der Waals surface area contributed by atoms with Crippen LogP contribution in [-0.4, -0.2) is 23.4 Å². The Labute approximate surface area is 180 Å². The third-order valence-corrected chi connectivity index (χ3v) is 5.00. The predicted octanol–water partition coefficient (Wildman–Crippen LogP) is 6.87. The highest BCUT2D eigenvalue weighted by atomic mass is 35.5. The highest BCUT2D eigenvalue weighted by Gasteiger charge is 2.48. The number of benzene rings is 2. The normalized spacial score (nSPS) is 16.4. The number of hydrogen-bond acceptors (Lipinski definition) is 3. The van der Waals surface area contributed by atoms with Crippen LogP contribution < -0.4 is 9.47 Å². The summed E-state index contributed by atoms with van der Waals surface area (Å²) >= 11 is 12.6. The van der Waals surface area contributed by atoms with Gasteiger partial charge >= 0.3 is 12.1 Å². The van der Waals surface area contributed by atoms with Crippen LogP contribution in [0.5, 0.6) is 17.2 Å². The highest BCUT2D eigenvalue weighted by Crippen LogP contribution is 2.45. The minimum atomic E-state index is -4.91. The summed E-state index contributed by atoms with van der Waals surface area (Å²) in [4.78, 5) is 11.3. The van der Waals surface area contributed by atoms with E-state index in [9.17, 15) is 18.0 Å². The van der Waals surface area contributed by atoms with E-state index >= 15 is 0 Å². The fourth-order valence-electron chi connectivity index (χ4n) is 3.13. The molecule has 3 rings (SSSR count). The molecule has 0 radical (unpaired) electrons. The molecule has 9 heteroatoms. The molecule has 2 aromatic rings. The van der Waals surface area contributed by atoms with Crippen LogP contribution in [-0.2, 0) is 10.2 Å². The summed E-state index contributed by atoms with van der Waals surface area (Å²) in [5, 5.41) is 9.67. The Morgan fingerprint density at radius 3 is 2.33 bits per heavy atom. The summed E-state index contributed by atoms with van der Waals surface area (Å²) in [5.41, 5.74) is -0.509. The number of aliphatic carboxylic acids is 1. The Morgan fingerprint density at radius 1 is 1.10 bits per heavy atom. The number of fused-ring (bicyclic) bond motifs is 1. The first-order valence-corrected chi connectivity index (χ1v) is 9.53. The monoisotopic (exact) mass is 460 g/mol. The van der Waals surface area contributed by atoms with Crippen molar-refractivity contribution in [2.24, 2.45) is 0 Å². The van der Waals surface area contributed by atoms with E-state index in [0.717, 1.165) is 6.08 Å². The molecule has 160 valence electrons. The van der Waals surface area contributed by atoms with Gasteiger partial charge in [0.15, 0.2) is 0 Å². The van der Waals surface area contributed by atoms with Gasteiger partial charge in [0.1, 0.15) is 17.2 Å². The summed E-state index contributed by atoms with van der Waals surface area (Å²) in [7, 11) is 0. The summed E-state index contributed by atoms with van der Waals surface area (Å²) < 4.78 is 50.8. The molecular weight excluding hydrogens is 444 g/mol. The average molecular weight is 461 g/mol. The molecule has 30 heavy (non-hydrogen) atoms. The van der Waals surface area contributed by atoms with Crippen LogP contribution in [0, 0.1) is 0 Å². The molecule has 0 fully saturated rings. The van der Waals surface area contributed by atoms with Crippen LogP contribution in [0.25, 0.3) is 6.08 Å². The molecule has 2 aromatic carbocycles. The largest absolute Gasteiger partial charge is 0.478 e. The van der Waals surface area contributed by atoms with E-state index in [4.69, 9.17) is 37.8 Å². The molecule has 0 saturated heterocycles. The van der Waals surface area contributed by atoms with E-state index in [1.165, 1.54) is 12.1 Å². The Morgan fingerprint density at radius 2 is 1.77 bits per heavy atom. The second kappa shape index (κ2) is 7.71. The van der Waals surface area contributed by atoms with Gasteiger partial charge in [-0.05, 0) is 29.7 Å². The zero-order valence-electron chi connectivity index (χ0n) is 16.1. The Balaban J connectivity index is 2.07. The topological polar surface area (TPSA) is 55.8 Å². The van der Waals surface area contributed by atoms with E-state index in [1.54, 1.807) is 18.2 Å². The molecule has 1 aliphatic heterocycles. The lowest BCUT2D eigenvalue weighted by Gasteiger charge is -2.28. The Bertz CT molecular complexity index is 1040. The number of alkyl halides is 3. The molecule has 1 N–H and O–H groups in total. The van der Waals surface area contributed by atoms with Crippen LogP contribution >= 0.6 is 23.2 Å². The van der Waals surface area contributed by atoms with Crippen LogP contribution in [0.2, 0.25) is 10.0 Å². The van der Waals surface area contributed by atoms with Crippen molar-refractivity contribution >= 4 is 35.2 Å². The van der Waals surface area contributed by atoms with Crippen molar-refractivity contribution in [1.29, 1.82) is 0 Å². The maximum Gasteiger partial charge on any atom is 0.430 e. The lowest BCUT2D eigenvalue weighted by molar-refractivity contribution is -0.187. The van der Waals surface area contributed by atoms with E-state index in [-0.39, 0.29) is 27.5 Å². The minimum absolute atomic E-state index is 0.0521. The summed E-state index contributed by atoms with van der Waals surface area (Å²) in [5.74, 6) is -1.48. The average Bonchev–Trinajstić information content (AvgIpc) is 2.59. The number of ether oxygens (including phenoxy) is 2. The fourth-order valence-corrected chi connectivity index (χ4v) is 3.79. The number of carbonyl (C=O) groups is 1. The molecule has 4 nitrogen and oxygen atoms in total.